The maximum absolute atomic E-state index is 13.3. The zero-order valence-electron chi connectivity index (χ0n) is 43.2. The van der Waals surface area contributed by atoms with E-state index < -0.39 is 79.8 Å². The van der Waals surface area contributed by atoms with E-state index in [4.69, 9.17) is 14.2 Å². The first-order valence-corrected chi connectivity index (χ1v) is 26.4. The number of nitrogens with zero attached hydrogens (tertiary/aromatic N) is 1. The number of fused-ring (bicyclic) bond motifs is 5. The number of allylic oxidation sites excluding steroid dienone is 1. The quantitative estimate of drug-likeness (QED) is 0.0248. The van der Waals surface area contributed by atoms with Gasteiger partial charge in [0.25, 0.3) is 5.91 Å². The van der Waals surface area contributed by atoms with Crippen LogP contribution in [-0.4, -0.2) is 157 Å². The van der Waals surface area contributed by atoms with Gasteiger partial charge in [0.1, 0.15) is 42.7 Å². The van der Waals surface area contributed by atoms with Gasteiger partial charge in [-0.05, 0) is 115 Å². The molecule has 1 aromatic rings. The average Bonchev–Trinajstić information content (AvgIpc) is 3.71. The molecule has 0 bridgehead atoms. The largest absolute Gasteiger partial charge is 0.623 e. The molecule has 402 valence electrons. The lowest BCUT2D eigenvalue weighted by molar-refractivity contribution is -0.533. The lowest BCUT2D eigenvalue weighted by Crippen LogP contribution is -2.62. The first kappa shape index (κ1) is 57.2. The van der Waals surface area contributed by atoms with Gasteiger partial charge in [-0.3, -0.25) is 9.59 Å². The number of carbonyl (C=O) groups excluding carboxylic acids is 2. The number of rotatable bonds is 23. The van der Waals surface area contributed by atoms with Crippen molar-refractivity contribution in [3.05, 3.63) is 52.2 Å². The van der Waals surface area contributed by atoms with Crippen LogP contribution in [0.4, 0.5) is 0 Å². The van der Waals surface area contributed by atoms with Crippen molar-refractivity contribution >= 4 is 18.0 Å². The molecule has 4 aliphatic carbocycles. The molecule has 4 fully saturated rings. The van der Waals surface area contributed by atoms with Gasteiger partial charge in [-0.1, -0.05) is 77.7 Å². The van der Waals surface area contributed by atoms with E-state index in [2.05, 4.69) is 51.3 Å². The molecule has 2 amide bonds. The van der Waals surface area contributed by atoms with Gasteiger partial charge in [0.15, 0.2) is 24.1 Å². The molecule has 10 N–H and O–H groups in total. The second-order valence-electron chi connectivity index (χ2n) is 23.3. The van der Waals surface area contributed by atoms with Crippen LogP contribution in [-0.2, 0) is 30.3 Å². The summed E-state index contributed by atoms with van der Waals surface area (Å²) in [6.45, 7) is 14.4. The van der Waals surface area contributed by atoms with Crippen LogP contribution in [0.5, 0.6) is 0 Å². The van der Waals surface area contributed by atoms with Crippen LogP contribution in [0, 0.1) is 51.5 Å². The Balaban J connectivity index is 0.916. The van der Waals surface area contributed by atoms with Crippen molar-refractivity contribution < 1.29 is 69.4 Å². The molecule has 17 heteroatoms. The Morgan fingerprint density at radius 2 is 1.66 bits per heavy atom. The van der Waals surface area contributed by atoms with E-state index in [0.717, 1.165) is 59.5 Å². The monoisotopic (exact) mass is 1000 g/mol. The van der Waals surface area contributed by atoms with Gasteiger partial charge in [-0.2, -0.15) is 0 Å². The molecule has 5 aliphatic rings. The number of benzene rings is 1. The molecule has 71 heavy (non-hydrogen) atoms. The summed E-state index contributed by atoms with van der Waals surface area (Å²) in [6, 6.07) is 6.57. The van der Waals surface area contributed by atoms with E-state index in [1.54, 1.807) is 43.7 Å². The van der Waals surface area contributed by atoms with Crippen molar-refractivity contribution in [1.82, 2.24) is 10.6 Å². The smallest absolute Gasteiger partial charge is 0.251 e. The number of nitrogens with one attached hydrogen (secondary N) is 2. The van der Waals surface area contributed by atoms with Crippen LogP contribution in [0.15, 0.2) is 35.9 Å². The molecule has 1 heterocycles. The summed E-state index contributed by atoms with van der Waals surface area (Å²) >= 11 is 0. The van der Waals surface area contributed by atoms with E-state index in [9.17, 15) is 55.6 Å². The second-order valence-corrected chi connectivity index (χ2v) is 23.3. The molecule has 6 rings (SSSR count). The molecule has 0 unspecified atom stereocenters. The standard InChI is InChI=1S/C54H87N3O14/c1-31(2)9-8-10-32(3)38-17-18-39-37-16-15-35-25-36(19-22-53(35,6)40(37)20-23-54(38,39)7)69-24-21-43(61)56-30-52(4,5)57(68)27-34-13-11-33(12-14-34)26-55-50(67)47(65)46(64)49(41(60)28-58)71-51-48(66)45(63)44(62)42(29-59)70-51/h11-15,27,31-32,36-42,44-49,51,58-60,62-66H,8-10,16-26,28-30H2,1-7H3,(H,55,67)(H,56,61)/b57-27-/t32-,36+,37+,38-,39+,40+,41+,42-,44+,45+,46+,47+,48-,49-,51+,53+,54-/m1/s1. The van der Waals surface area contributed by atoms with Gasteiger partial charge in [0.2, 0.25) is 5.91 Å². The van der Waals surface area contributed by atoms with Gasteiger partial charge in [-0.15, -0.1) is 0 Å². The maximum atomic E-state index is 13.3. The lowest BCUT2D eigenvalue weighted by atomic mass is 9.47. The van der Waals surface area contributed by atoms with Crippen LogP contribution in [0.2, 0.25) is 0 Å². The summed E-state index contributed by atoms with van der Waals surface area (Å²) in [6.07, 6.45) is 1.13. The number of hydroxylamine groups is 1. The third kappa shape index (κ3) is 13.3. The fourth-order valence-corrected chi connectivity index (χ4v) is 13.1. The van der Waals surface area contributed by atoms with Crippen LogP contribution in [0.1, 0.15) is 137 Å². The minimum atomic E-state index is -2.22. The molecular weight excluding hydrogens is 915 g/mol. The molecule has 0 spiro atoms. The van der Waals surface area contributed by atoms with Crippen LogP contribution in [0.25, 0.3) is 0 Å². The SMILES string of the molecule is CC(C)CCC[C@@H](C)[C@H]1CC[C@H]2[C@@H]3CC=C4C[C@@H](OCCC(=O)NCC(C)(C)/[N+]([O-])=C/c5ccc(CNC(=O)[C@@H](O)[C@H](O)[C@H](O[C@@H]6O[C@H](CO)[C@H](O)[C@H](O)[C@H]6O)[C@@H](O)CO)cc5)CC[C@]4(C)[C@H]3CC[C@]12C. The minimum Gasteiger partial charge on any atom is -0.623 e. The number of hydrogen-bond donors (Lipinski definition) is 10. The highest BCUT2D eigenvalue weighted by Crippen LogP contribution is 2.67. The maximum Gasteiger partial charge on any atom is 0.251 e. The summed E-state index contributed by atoms with van der Waals surface area (Å²) in [5.74, 6) is 3.51. The zero-order chi connectivity index (χ0) is 52.0. The van der Waals surface area contributed by atoms with Crippen molar-refractivity contribution in [1.29, 1.82) is 0 Å². The summed E-state index contributed by atoms with van der Waals surface area (Å²) in [4.78, 5) is 25.9. The third-order valence-corrected chi connectivity index (χ3v) is 17.6. The normalized spacial score (nSPS) is 34.3. The fourth-order valence-electron chi connectivity index (χ4n) is 13.1. The molecule has 0 aromatic heterocycles. The molecule has 17 nitrogen and oxygen atoms in total. The Morgan fingerprint density at radius 1 is 0.944 bits per heavy atom. The first-order chi connectivity index (χ1) is 33.5. The fraction of sp³-hybridized carbons (Fsp3) is 0.796. The number of hydrogen-bond acceptors (Lipinski definition) is 14. The van der Waals surface area contributed by atoms with E-state index >= 15 is 0 Å². The predicted octanol–water partition coefficient (Wildman–Crippen LogP) is 3.20. The summed E-state index contributed by atoms with van der Waals surface area (Å²) in [5, 5.41) is 99.9. The summed E-state index contributed by atoms with van der Waals surface area (Å²) in [5.41, 5.74) is 2.38. The number of aliphatic hydroxyl groups is 8. The minimum absolute atomic E-state index is 0.0986. The van der Waals surface area contributed by atoms with Crippen molar-refractivity contribution in [2.24, 2.45) is 46.3 Å². The number of ether oxygens (including phenoxy) is 3. The molecule has 3 saturated carbocycles. The average molecular weight is 1000 g/mol. The summed E-state index contributed by atoms with van der Waals surface area (Å²) in [7, 11) is 0. The molecule has 1 aliphatic heterocycles. The van der Waals surface area contributed by atoms with Crippen molar-refractivity contribution in [3.63, 3.8) is 0 Å². The third-order valence-electron chi connectivity index (χ3n) is 17.6. The highest BCUT2D eigenvalue weighted by atomic mass is 16.7. The van der Waals surface area contributed by atoms with Crippen LogP contribution >= 0.6 is 0 Å². The van der Waals surface area contributed by atoms with Crippen LogP contribution in [0.3, 0.4) is 0 Å². The number of aliphatic hydroxyl groups excluding tert-OH is 8. The Kier molecular flexibility index (Phi) is 19.8. The van der Waals surface area contributed by atoms with Gasteiger partial charge in [0, 0.05) is 32.4 Å². The van der Waals surface area contributed by atoms with Gasteiger partial charge in [0.05, 0.1) is 32.5 Å². The molecule has 1 saturated heterocycles. The van der Waals surface area contributed by atoms with Crippen molar-refractivity contribution in [2.45, 2.75) is 199 Å². The number of amides is 2. The summed E-state index contributed by atoms with van der Waals surface area (Å²) < 4.78 is 17.7. The first-order valence-electron chi connectivity index (χ1n) is 26.4. The zero-order valence-corrected chi connectivity index (χ0v) is 43.2. The molecule has 17 atom stereocenters. The van der Waals surface area contributed by atoms with Crippen molar-refractivity contribution in [2.75, 3.05) is 26.4 Å². The van der Waals surface area contributed by atoms with Gasteiger partial charge in [-0.25, -0.2) is 4.74 Å². The highest BCUT2D eigenvalue weighted by molar-refractivity contribution is 5.81. The van der Waals surface area contributed by atoms with E-state index in [0.29, 0.717) is 23.1 Å². The Bertz CT molecular complexity index is 1960. The second kappa shape index (κ2) is 24.5. The van der Waals surface area contributed by atoms with Gasteiger partial charge >= 0.3 is 0 Å². The Morgan fingerprint density at radius 3 is 2.34 bits per heavy atom. The van der Waals surface area contributed by atoms with E-state index in [1.807, 2.05) is 0 Å². The number of carbonyl (C=O) groups is 2. The van der Waals surface area contributed by atoms with Crippen LogP contribution < -0.4 is 10.6 Å². The molecule has 1 aromatic carbocycles. The van der Waals surface area contributed by atoms with Gasteiger partial charge < -0.3 is 70.9 Å². The highest BCUT2D eigenvalue weighted by Gasteiger charge is 2.59. The van der Waals surface area contributed by atoms with E-state index in [-0.39, 0.29) is 36.9 Å². The molecular formula is C54H87N3O14. The molecule has 0 radical (unpaired) electrons. The Hall–Kier alpha value is -3.07. The lowest BCUT2D eigenvalue weighted by Gasteiger charge is -2.58. The Labute approximate surface area is 420 Å². The topological polar surface area (TPSA) is 274 Å². The van der Waals surface area contributed by atoms with Crippen molar-refractivity contribution in [3.8, 4) is 0 Å². The van der Waals surface area contributed by atoms with E-state index in [1.165, 1.54) is 57.6 Å². The predicted molar refractivity (Wildman–Crippen MR) is 265 cm³/mol.